The van der Waals surface area contributed by atoms with Gasteiger partial charge in [0.2, 0.25) is 5.92 Å². The van der Waals surface area contributed by atoms with Crippen LogP contribution in [0.25, 0.3) is 11.3 Å². The van der Waals surface area contributed by atoms with E-state index in [0.29, 0.717) is 40.8 Å². The van der Waals surface area contributed by atoms with Crippen molar-refractivity contribution in [2.45, 2.75) is 44.4 Å². The lowest BCUT2D eigenvalue weighted by atomic mass is 9.81. The van der Waals surface area contributed by atoms with E-state index in [2.05, 4.69) is 15.0 Å². The lowest BCUT2D eigenvalue weighted by molar-refractivity contribution is -0.138. The molecule has 1 fully saturated rings. The van der Waals surface area contributed by atoms with Gasteiger partial charge in [0.1, 0.15) is 35.4 Å². The second-order valence-electron chi connectivity index (χ2n) is 7.86. The zero-order chi connectivity index (χ0) is 24.0. The van der Waals surface area contributed by atoms with Crippen LogP contribution in [0.2, 0.25) is 0 Å². The maximum atomic E-state index is 14.0. The van der Waals surface area contributed by atoms with Gasteiger partial charge in [0.15, 0.2) is 0 Å². The summed E-state index contributed by atoms with van der Waals surface area (Å²) in [7, 11) is 1.43. The molecule has 11 heteroatoms. The van der Waals surface area contributed by atoms with Crippen molar-refractivity contribution in [2.24, 2.45) is 0 Å². The van der Waals surface area contributed by atoms with Crippen molar-refractivity contribution in [2.75, 3.05) is 7.11 Å². The largest absolute Gasteiger partial charge is 0.496 e. The number of pyridine rings is 1. The highest BCUT2D eigenvalue weighted by atomic mass is 19.4. The van der Waals surface area contributed by atoms with E-state index in [1.807, 2.05) is 0 Å². The van der Waals surface area contributed by atoms with Gasteiger partial charge >= 0.3 is 6.18 Å². The molecule has 0 radical (unpaired) electrons. The van der Waals surface area contributed by atoms with Crippen molar-refractivity contribution < 1.29 is 35.8 Å². The number of aromatic nitrogens is 3. The molecule has 0 unspecified atom stereocenters. The Morgan fingerprint density at radius 3 is 2.52 bits per heavy atom. The maximum absolute atomic E-state index is 14.0. The quantitative estimate of drug-likeness (QED) is 0.446. The summed E-state index contributed by atoms with van der Waals surface area (Å²) < 4.78 is 89.2. The van der Waals surface area contributed by atoms with Gasteiger partial charge in [-0.2, -0.15) is 13.2 Å². The summed E-state index contributed by atoms with van der Waals surface area (Å²) in [6, 6.07) is 5.09. The number of ether oxygens (including phenoxy) is 2. The van der Waals surface area contributed by atoms with Crippen LogP contribution in [0.5, 0.6) is 11.5 Å². The summed E-state index contributed by atoms with van der Waals surface area (Å²) in [5, 5.41) is 0. The summed E-state index contributed by atoms with van der Waals surface area (Å²) in [6.45, 7) is 1.37. The van der Waals surface area contributed by atoms with E-state index >= 15 is 0 Å². The number of nitrogens with zero attached hydrogens (tertiary/aromatic N) is 2. The van der Waals surface area contributed by atoms with E-state index in [0.717, 1.165) is 0 Å². The zero-order valence-corrected chi connectivity index (χ0v) is 17.6. The van der Waals surface area contributed by atoms with Gasteiger partial charge in [-0.3, -0.25) is 4.98 Å². The molecule has 1 aliphatic rings. The normalized spacial score (nSPS) is 15.9. The fraction of sp³-hybridized carbons (Fsp3) is 0.364. The summed E-state index contributed by atoms with van der Waals surface area (Å²) >= 11 is 0. The van der Waals surface area contributed by atoms with E-state index in [-0.39, 0.29) is 30.2 Å². The van der Waals surface area contributed by atoms with Gasteiger partial charge in [-0.15, -0.1) is 0 Å². The van der Waals surface area contributed by atoms with E-state index in [1.165, 1.54) is 13.2 Å². The first kappa shape index (κ1) is 22.9. The molecule has 0 amide bonds. The number of aryl methyl sites for hydroxylation is 1. The first-order valence-electron chi connectivity index (χ1n) is 9.94. The third-order valence-corrected chi connectivity index (χ3v) is 5.43. The van der Waals surface area contributed by atoms with Crippen LogP contribution in [0.4, 0.5) is 26.3 Å². The number of hydrogen-bond acceptors (Lipinski definition) is 4. The molecule has 0 bridgehead atoms. The number of H-pyrrole nitrogens is 1. The third-order valence-electron chi connectivity index (χ3n) is 5.43. The van der Waals surface area contributed by atoms with Crippen LogP contribution in [0, 0.1) is 12.7 Å². The van der Waals surface area contributed by atoms with Gasteiger partial charge in [0.05, 0.1) is 18.4 Å². The van der Waals surface area contributed by atoms with Crippen molar-refractivity contribution in [1.29, 1.82) is 0 Å². The fourth-order valence-electron chi connectivity index (χ4n) is 3.63. The molecule has 1 saturated carbocycles. The van der Waals surface area contributed by atoms with Gasteiger partial charge < -0.3 is 14.5 Å². The van der Waals surface area contributed by atoms with Crippen LogP contribution >= 0.6 is 0 Å². The number of benzene rings is 1. The molecule has 0 aliphatic heterocycles. The lowest BCUT2D eigenvalue weighted by Gasteiger charge is -2.33. The molecule has 3 aromatic rings. The predicted octanol–water partition coefficient (Wildman–Crippen LogP) is 6.04. The highest BCUT2D eigenvalue weighted by Gasteiger charge is 2.47. The summed E-state index contributed by atoms with van der Waals surface area (Å²) in [5.41, 5.74) is 0.349. The minimum absolute atomic E-state index is 0.252. The van der Waals surface area contributed by atoms with Crippen LogP contribution in [0.1, 0.15) is 41.5 Å². The maximum Gasteiger partial charge on any atom is 0.417 e. The minimum Gasteiger partial charge on any atom is -0.496 e. The van der Waals surface area contributed by atoms with Crippen molar-refractivity contribution in [3.8, 4) is 22.8 Å². The average molecular weight is 471 g/mol. The zero-order valence-electron chi connectivity index (χ0n) is 17.6. The van der Waals surface area contributed by atoms with E-state index in [9.17, 15) is 26.3 Å². The minimum atomic E-state index is -4.69. The van der Waals surface area contributed by atoms with E-state index < -0.39 is 30.1 Å². The van der Waals surface area contributed by atoms with Crippen LogP contribution in [-0.2, 0) is 12.8 Å². The molecular formula is C22H19F6N3O2. The number of rotatable bonds is 6. The molecule has 0 spiro atoms. The Bertz CT molecular complexity index is 1170. The van der Waals surface area contributed by atoms with Crippen LogP contribution < -0.4 is 9.47 Å². The number of imidazole rings is 1. The highest BCUT2D eigenvalue weighted by molar-refractivity contribution is 5.70. The molecular weight excluding hydrogens is 452 g/mol. The van der Waals surface area contributed by atoms with Gasteiger partial charge in [-0.1, -0.05) is 0 Å². The Hall–Kier alpha value is -3.24. The van der Waals surface area contributed by atoms with Crippen molar-refractivity contribution in [3.63, 3.8) is 0 Å². The molecule has 5 nitrogen and oxygen atoms in total. The number of nitrogens with one attached hydrogen (secondary N) is 1. The molecule has 1 aliphatic carbocycles. The molecule has 0 atom stereocenters. The summed E-state index contributed by atoms with van der Waals surface area (Å²) in [6.07, 6.45) is -4.66. The standard InChI is InChI=1S/C22H19F6N3O2/c1-11-19(31-20(30-11)12-7-21(24,25)8-12)15-4-3-14(6-18(15)32-2)33-10-17-16(23)5-13(9-29-17)22(26,27)28/h3-6,9,12H,7-8,10H2,1-2H3,(H,30,31). The number of methoxy groups -OCH3 is 1. The predicted molar refractivity (Wildman–Crippen MR) is 106 cm³/mol. The Labute approximate surface area is 184 Å². The molecule has 33 heavy (non-hydrogen) atoms. The monoisotopic (exact) mass is 471 g/mol. The van der Waals surface area contributed by atoms with Crippen LogP contribution in [0.15, 0.2) is 30.5 Å². The fourth-order valence-corrected chi connectivity index (χ4v) is 3.63. The number of hydrogen-bond donors (Lipinski definition) is 1. The van der Waals surface area contributed by atoms with Crippen LogP contribution in [-0.4, -0.2) is 28.0 Å². The molecule has 176 valence electrons. The summed E-state index contributed by atoms with van der Waals surface area (Å²) in [5.74, 6) is -3.01. The first-order valence-corrected chi connectivity index (χ1v) is 9.94. The Kier molecular flexibility index (Phi) is 5.75. The Morgan fingerprint density at radius 1 is 1.18 bits per heavy atom. The number of alkyl halides is 5. The first-order chi connectivity index (χ1) is 15.5. The Morgan fingerprint density at radius 2 is 1.91 bits per heavy atom. The van der Waals surface area contributed by atoms with Gasteiger partial charge in [-0.05, 0) is 25.1 Å². The smallest absolute Gasteiger partial charge is 0.417 e. The van der Waals surface area contributed by atoms with E-state index in [4.69, 9.17) is 9.47 Å². The molecule has 4 rings (SSSR count). The SMILES string of the molecule is COc1cc(OCc2ncc(C(F)(F)F)cc2F)ccc1-c1nc(C2CC(F)(F)C2)[nH]c1C. The van der Waals surface area contributed by atoms with Crippen molar-refractivity contribution in [3.05, 3.63) is 59.1 Å². The van der Waals surface area contributed by atoms with Crippen LogP contribution in [0.3, 0.4) is 0 Å². The molecule has 1 aromatic carbocycles. The van der Waals surface area contributed by atoms with Crippen molar-refractivity contribution >= 4 is 0 Å². The molecule has 2 heterocycles. The van der Waals surface area contributed by atoms with E-state index in [1.54, 1.807) is 19.1 Å². The number of aromatic amines is 1. The number of halogens is 6. The van der Waals surface area contributed by atoms with Crippen molar-refractivity contribution in [1.82, 2.24) is 15.0 Å². The van der Waals surface area contributed by atoms with Gasteiger partial charge in [0.25, 0.3) is 0 Å². The average Bonchev–Trinajstić information content (AvgIpc) is 3.11. The third kappa shape index (κ3) is 4.76. The molecule has 1 N–H and O–H groups in total. The Balaban J connectivity index is 1.51. The molecule has 0 saturated heterocycles. The summed E-state index contributed by atoms with van der Waals surface area (Å²) in [4.78, 5) is 11.0. The highest BCUT2D eigenvalue weighted by Crippen LogP contribution is 2.48. The molecule has 2 aromatic heterocycles. The van der Waals surface area contributed by atoms with Gasteiger partial charge in [0, 0.05) is 42.3 Å². The second-order valence-corrected chi connectivity index (χ2v) is 7.86. The lowest BCUT2D eigenvalue weighted by Crippen LogP contribution is -2.34. The topological polar surface area (TPSA) is 60.0 Å². The second kappa shape index (κ2) is 8.27. The van der Waals surface area contributed by atoms with Gasteiger partial charge in [-0.25, -0.2) is 18.2 Å².